The fourth-order valence-corrected chi connectivity index (χ4v) is 10.3. The van der Waals surface area contributed by atoms with E-state index in [1.807, 2.05) is 20.8 Å². The highest BCUT2D eigenvalue weighted by Gasteiger charge is 2.16. The van der Waals surface area contributed by atoms with Crippen molar-refractivity contribution in [2.75, 3.05) is 113 Å². The fraction of sp³-hybridized carbons (Fsp3) is 0.611. The van der Waals surface area contributed by atoms with Crippen LogP contribution < -0.4 is 14.2 Å². The summed E-state index contributed by atoms with van der Waals surface area (Å²) in [6.45, 7) is 19.6. The van der Waals surface area contributed by atoms with Gasteiger partial charge in [-0.2, -0.15) is 15.8 Å². The van der Waals surface area contributed by atoms with Crippen LogP contribution in [-0.4, -0.2) is 175 Å². The third-order valence-corrected chi connectivity index (χ3v) is 15.7. The molecule has 3 aromatic rings. The summed E-state index contributed by atoms with van der Waals surface area (Å²) >= 11 is -2.16. The quantitative estimate of drug-likeness (QED) is 0.0527. The number of aliphatic hydroxyl groups is 3. The molecular formula is C54H84N6O9S3. The molecule has 0 heterocycles. The number of ether oxygens (including phenoxy) is 3. The van der Waals surface area contributed by atoms with Crippen molar-refractivity contribution in [1.29, 1.82) is 15.8 Å². The molecule has 0 unspecified atom stereocenters. The van der Waals surface area contributed by atoms with E-state index in [0.29, 0.717) is 53.6 Å². The van der Waals surface area contributed by atoms with Gasteiger partial charge < -0.3 is 57.9 Å². The summed E-state index contributed by atoms with van der Waals surface area (Å²) in [7, 11) is 0. The Balaban J connectivity index is 0.000000540. The maximum absolute atomic E-state index is 11.6. The van der Waals surface area contributed by atoms with E-state index in [2.05, 4.69) is 53.7 Å². The minimum atomic E-state index is -0.719. The second-order valence-corrected chi connectivity index (χ2v) is 22.2. The molecule has 0 aliphatic carbocycles. The molecule has 18 heteroatoms. The van der Waals surface area contributed by atoms with Gasteiger partial charge in [-0.05, 0) is 112 Å². The number of rotatable bonds is 36. The Bertz CT molecular complexity index is 1690. The zero-order chi connectivity index (χ0) is 53.4. The van der Waals surface area contributed by atoms with Crippen LogP contribution >= 0.6 is 0 Å². The maximum atomic E-state index is 11.6. The van der Waals surface area contributed by atoms with E-state index in [0.717, 1.165) is 112 Å². The van der Waals surface area contributed by atoms with Gasteiger partial charge in [-0.3, -0.25) is 0 Å². The Labute approximate surface area is 441 Å². The van der Waals surface area contributed by atoms with Gasteiger partial charge in [0.25, 0.3) is 0 Å². The predicted octanol–water partition coefficient (Wildman–Crippen LogP) is 6.51. The number of likely N-dealkylation sites (N-methyl/N-ethyl adjacent to an activating group) is 3. The minimum Gasteiger partial charge on any atom is -0.616 e. The zero-order valence-corrected chi connectivity index (χ0v) is 46.3. The Morgan fingerprint density at radius 1 is 0.431 bits per heavy atom. The third kappa shape index (κ3) is 33.1. The maximum Gasteiger partial charge on any atom is 0.119 e. The Hall–Kier alpha value is -3.78. The standard InChI is InChI=1S/3C18H28N2O3S/c3*1-3-11-24(22)12-5-10-20(4-2)14-17(21)15-23-18-8-6-16(13-19)7-9-18/h3*6-9,17,21H,3-5,10-12,14-15H2,1-2H3/t2*17-,24+;17-,24-/m100/s1. The summed E-state index contributed by atoms with van der Waals surface area (Å²) in [5.74, 6) is 6.42. The Kier molecular flexibility index (Phi) is 39.2. The first-order valence-corrected chi connectivity index (χ1v) is 29.9. The van der Waals surface area contributed by atoms with Gasteiger partial charge in [0.15, 0.2) is 0 Å². The van der Waals surface area contributed by atoms with Crippen LogP contribution in [0.25, 0.3) is 0 Å². The summed E-state index contributed by atoms with van der Waals surface area (Å²) in [6, 6.07) is 26.7. The van der Waals surface area contributed by atoms with Crippen molar-refractivity contribution < 1.29 is 43.2 Å². The Morgan fingerprint density at radius 2 is 0.667 bits per heavy atom. The lowest BCUT2D eigenvalue weighted by Gasteiger charge is -2.23. The zero-order valence-electron chi connectivity index (χ0n) is 43.8. The van der Waals surface area contributed by atoms with Crippen molar-refractivity contribution in [2.45, 2.75) is 98.4 Å². The molecule has 3 aromatic carbocycles. The molecule has 15 nitrogen and oxygen atoms in total. The van der Waals surface area contributed by atoms with Crippen LogP contribution in [0, 0.1) is 34.0 Å². The van der Waals surface area contributed by atoms with Crippen LogP contribution in [0.1, 0.15) is 96.8 Å². The highest BCUT2D eigenvalue weighted by atomic mass is 32.2. The number of aliphatic hydroxyl groups excluding tert-OH is 3. The van der Waals surface area contributed by atoms with Crippen LogP contribution in [-0.2, 0) is 33.5 Å². The van der Waals surface area contributed by atoms with E-state index < -0.39 is 51.8 Å². The first-order chi connectivity index (χ1) is 34.7. The van der Waals surface area contributed by atoms with E-state index in [1.165, 1.54) is 0 Å². The fourth-order valence-electron chi connectivity index (χ4n) is 6.98. The number of hydrogen-bond donors (Lipinski definition) is 3. The number of nitriles is 3. The highest BCUT2D eigenvalue weighted by Crippen LogP contribution is 2.15. The number of benzene rings is 3. The molecule has 3 N–H and O–H groups in total. The van der Waals surface area contributed by atoms with Crippen LogP contribution in [0.3, 0.4) is 0 Å². The van der Waals surface area contributed by atoms with Crippen molar-refractivity contribution >= 4 is 33.5 Å². The summed E-state index contributed by atoms with van der Waals surface area (Å²) in [5, 5.41) is 56.6. The molecule has 0 bridgehead atoms. The topological polar surface area (TPSA) is 239 Å². The molecule has 0 radical (unpaired) electrons. The van der Waals surface area contributed by atoms with Crippen molar-refractivity contribution in [2.24, 2.45) is 0 Å². The molecule has 402 valence electrons. The summed E-state index contributed by atoms with van der Waals surface area (Å²) in [4.78, 5) is 6.45. The summed E-state index contributed by atoms with van der Waals surface area (Å²) < 4.78 is 51.6. The summed E-state index contributed by atoms with van der Waals surface area (Å²) in [5.41, 5.74) is 1.75. The van der Waals surface area contributed by atoms with Crippen molar-refractivity contribution in [3.63, 3.8) is 0 Å². The van der Waals surface area contributed by atoms with Gasteiger partial charge in [-0.1, -0.05) is 75.1 Å². The van der Waals surface area contributed by atoms with Crippen molar-refractivity contribution in [3.05, 3.63) is 89.5 Å². The van der Waals surface area contributed by atoms with Gasteiger partial charge in [0.05, 0.1) is 34.9 Å². The minimum absolute atomic E-state index is 0.212. The molecule has 0 spiro atoms. The monoisotopic (exact) mass is 1060 g/mol. The molecule has 0 aromatic heterocycles. The largest absolute Gasteiger partial charge is 0.616 e. The van der Waals surface area contributed by atoms with Crippen LogP contribution in [0.2, 0.25) is 0 Å². The molecule has 6 atom stereocenters. The average Bonchev–Trinajstić information content (AvgIpc) is 3.39. The van der Waals surface area contributed by atoms with Crippen LogP contribution in [0.15, 0.2) is 72.8 Å². The molecular weight excluding hydrogens is 973 g/mol. The molecule has 0 aliphatic heterocycles. The second-order valence-electron chi connectivity index (χ2n) is 17.1. The van der Waals surface area contributed by atoms with Gasteiger partial charge in [-0.15, -0.1) is 0 Å². The lowest BCUT2D eigenvalue weighted by atomic mass is 10.2. The van der Waals surface area contributed by atoms with E-state index in [9.17, 15) is 29.0 Å². The van der Waals surface area contributed by atoms with Gasteiger partial charge in [0.1, 0.15) is 89.9 Å². The average molecular weight is 1060 g/mol. The number of nitrogens with zero attached hydrogens (tertiary/aromatic N) is 6. The van der Waals surface area contributed by atoms with Gasteiger partial charge in [0, 0.05) is 58.5 Å². The van der Waals surface area contributed by atoms with E-state index in [-0.39, 0.29) is 19.8 Å². The normalized spacial score (nSPS) is 13.5. The molecule has 0 saturated carbocycles. The van der Waals surface area contributed by atoms with Crippen LogP contribution in [0.4, 0.5) is 0 Å². The van der Waals surface area contributed by atoms with E-state index >= 15 is 0 Å². The lowest BCUT2D eigenvalue weighted by Crippen LogP contribution is -2.36. The van der Waals surface area contributed by atoms with Gasteiger partial charge in [0.2, 0.25) is 0 Å². The van der Waals surface area contributed by atoms with Gasteiger partial charge >= 0.3 is 0 Å². The predicted molar refractivity (Wildman–Crippen MR) is 293 cm³/mol. The molecule has 0 saturated heterocycles. The van der Waals surface area contributed by atoms with Crippen LogP contribution in [0.5, 0.6) is 17.2 Å². The second kappa shape index (κ2) is 42.6. The van der Waals surface area contributed by atoms with Crippen molar-refractivity contribution in [3.8, 4) is 35.5 Å². The molecule has 0 fully saturated rings. The van der Waals surface area contributed by atoms with Gasteiger partial charge in [-0.25, -0.2) is 0 Å². The first-order valence-electron chi connectivity index (χ1n) is 25.4. The molecule has 0 amide bonds. The summed E-state index contributed by atoms with van der Waals surface area (Å²) in [6.07, 6.45) is 3.75. The lowest BCUT2D eigenvalue weighted by molar-refractivity contribution is 0.0699. The molecule has 72 heavy (non-hydrogen) atoms. The Morgan fingerprint density at radius 3 is 0.861 bits per heavy atom. The highest BCUT2D eigenvalue weighted by molar-refractivity contribution is 7.91. The molecule has 0 aliphatic rings. The van der Waals surface area contributed by atoms with Crippen molar-refractivity contribution in [1.82, 2.24) is 14.7 Å². The molecule has 3 rings (SSSR count). The van der Waals surface area contributed by atoms with E-state index in [1.54, 1.807) is 72.8 Å². The number of hydrogen-bond acceptors (Lipinski definition) is 15. The smallest absolute Gasteiger partial charge is 0.119 e. The first kappa shape index (κ1) is 66.2. The SMILES string of the molecule is CCC[S@+]([O-])CCCN(CC)C[C@@H](O)COc1ccc(C#N)cc1.CCC[S@+]([O-])CCCN(CC)C[C@H](O)COc1ccc(C#N)cc1.CCC[S@@+]([O-])CCCN(CC)C[C@H](O)COc1ccc(C#N)cc1. The van der Waals surface area contributed by atoms with E-state index in [4.69, 9.17) is 30.0 Å². The third-order valence-electron chi connectivity index (χ3n) is 10.9.